The summed E-state index contributed by atoms with van der Waals surface area (Å²) in [6.45, 7) is 0. The fourth-order valence-corrected chi connectivity index (χ4v) is 2.50. The highest BCUT2D eigenvalue weighted by molar-refractivity contribution is 5.80. The Morgan fingerprint density at radius 2 is 1.05 bits per heavy atom. The Morgan fingerprint density at radius 1 is 0.636 bits per heavy atom. The average Bonchev–Trinajstić information content (AvgIpc) is 2.62. The number of aliphatic hydroxyl groups excluding tert-OH is 1. The molecule has 1 atom stereocenters. The van der Waals surface area contributed by atoms with Crippen molar-refractivity contribution in [2.45, 2.75) is 6.10 Å². The molecule has 0 spiro atoms. The highest BCUT2D eigenvalue weighted by Gasteiger charge is 2.09. The summed E-state index contributed by atoms with van der Waals surface area (Å²) in [6.07, 6.45) is 1.29. The predicted molar refractivity (Wildman–Crippen MR) is 91.4 cm³/mol. The molecule has 0 aromatic heterocycles. The molecule has 0 saturated carbocycles. The maximum atomic E-state index is 10.5. The Labute approximate surface area is 131 Å². The van der Waals surface area contributed by atoms with Crippen molar-refractivity contribution in [2.24, 2.45) is 0 Å². The van der Waals surface area contributed by atoms with E-state index in [2.05, 4.69) is 24.3 Å². The van der Waals surface area contributed by atoms with Gasteiger partial charge in [-0.05, 0) is 28.3 Å². The first-order chi connectivity index (χ1) is 10.8. The molecule has 0 heterocycles. The van der Waals surface area contributed by atoms with E-state index in [0.29, 0.717) is 0 Å². The van der Waals surface area contributed by atoms with Crippen LogP contribution in [-0.4, -0.2) is 5.11 Å². The van der Waals surface area contributed by atoms with Crippen molar-refractivity contribution in [2.75, 3.05) is 0 Å². The molecule has 1 nitrogen and oxygen atoms in total. The van der Waals surface area contributed by atoms with Crippen molar-refractivity contribution < 1.29 is 5.11 Å². The molecule has 22 heavy (non-hydrogen) atoms. The molecular weight excluding hydrogens is 268 g/mol. The van der Waals surface area contributed by atoms with Crippen LogP contribution in [0, 0.1) is 0 Å². The summed E-state index contributed by atoms with van der Waals surface area (Å²) in [5.74, 6) is 0. The van der Waals surface area contributed by atoms with E-state index in [-0.39, 0.29) is 0 Å². The molecule has 3 rings (SSSR count). The van der Waals surface area contributed by atoms with Crippen LogP contribution in [0.25, 0.3) is 5.57 Å². The molecule has 3 aromatic rings. The van der Waals surface area contributed by atoms with E-state index >= 15 is 0 Å². The molecule has 0 aliphatic rings. The first-order valence-electron chi connectivity index (χ1n) is 7.40. The van der Waals surface area contributed by atoms with Gasteiger partial charge in [-0.25, -0.2) is 0 Å². The van der Waals surface area contributed by atoms with Gasteiger partial charge in [0.25, 0.3) is 0 Å². The lowest BCUT2D eigenvalue weighted by Crippen LogP contribution is -1.96. The molecule has 1 N–H and O–H groups in total. The number of aliphatic hydroxyl groups is 1. The summed E-state index contributed by atoms with van der Waals surface area (Å²) >= 11 is 0. The topological polar surface area (TPSA) is 20.2 Å². The second kappa shape index (κ2) is 6.88. The van der Waals surface area contributed by atoms with E-state index in [1.165, 1.54) is 0 Å². The maximum Gasteiger partial charge on any atom is 0.0980 e. The smallest absolute Gasteiger partial charge is 0.0980 e. The lowest BCUT2D eigenvalue weighted by atomic mass is 9.95. The molecule has 0 aliphatic carbocycles. The molecule has 0 aliphatic heterocycles. The number of benzene rings is 3. The zero-order valence-corrected chi connectivity index (χ0v) is 12.3. The fraction of sp³-hybridized carbons (Fsp3) is 0.0476. The van der Waals surface area contributed by atoms with Crippen molar-refractivity contribution in [3.05, 3.63) is 114 Å². The Balaban J connectivity index is 2.04. The summed E-state index contributed by atoms with van der Waals surface area (Å²) in [5, 5.41) is 10.5. The molecule has 0 fully saturated rings. The standard InChI is InChI=1S/C21H18O/c22-21(19-14-8-3-9-15-19)16-20(17-10-4-1-5-11-17)18-12-6-2-7-13-18/h1-16,21-22H. The highest BCUT2D eigenvalue weighted by atomic mass is 16.3. The van der Waals surface area contributed by atoms with E-state index in [0.717, 1.165) is 22.3 Å². The van der Waals surface area contributed by atoms with E-state index < -0.39 is 6.10 Å². The zero-order valence-electron chi connectivity index (χ0n) is 12.3. The maximum absolute atomic E-state index is 10.5. The van der Waals surface area contributed by atoms with Crippen molar-refractivity contribution in [1.29, 1.82) is 0 Å². The quantitative estimate of drug-likeness (QED) is 0.726. The van der Waals surface area contributed by atoms with Gasteiger partial charge in [-0.15, -0.1) is 0 Å². The fourth-order valence-electron chi connectivity index (χ4n) is 2.50. The van der Waals surface area contributed by atoms with Crippen LogP contribution in [0.2, 0.25) is 0 Å². The van der Waals surface area contributed by atoms with Gasteiger partial charge in [-0.1, -0.05) is 91.0 Å². The molecule has 0 radical (unpaired) electrons. The minimum atomic E-state index is -0.628. The number of hydrogen-bond donors (Lipinski definition) is 1. The van der Waals surface area contributed by atoms with Gasteiger partial charge >= 0.3 is 0 Å². The highest BCUT2D eigenvalue weighted by Crippen LogP contribution is 2.27. The van der Waals surface area contributed by atoms with E-state index in [4.69, 9.17) is 0 Å². The van der Waals surface area contributed by atoms with Crippen molar-refractivity contribution in [1.82, 2.24) is 0 Å². The number of hydrogen-bond acceptors (Lipinski definition) is 1. The molecular formula is C21H18O. The molecule has 0 saturated heterocycles. The zero-order chi connectivity index (χ0) is 15.2. The third-order valence-electron chi connectivity index (χ3n) is 3.64. The van der Waals surface area contributed by atoms with Crippen LogP contribution in [0.4, 0.5) is 0 Å². The molecule has 1 unspecified atom stereocenters. The normalized spacial score (nSPS) is 11.7. The van der Waals surface area contributed by atoms with Gasteiger partial charge in [0.1, 0.15) is 0 Å². The van der Waals surface area contributed by atoms with Crippen molar-refractivity contribution >= 4 is 5.57 Å². The Morgan fingerprint density at radius 3 is 1.50 bits per heavy atom. The monoisotopic (exact) mass is 286 g/mol. The summed E-state index contributed by atoms with van der Waals surface area (Å²) in [4.78, 5) is 0. The van der Waals surface area contributed by atoms with Gasteiger partial charge in [-0.3, -0.25) is 0 Å². The molecule has 0 amide bonds. The van der Waals surface area contributed by atoms with Gasteiger partial charge in [-0.2, -0.15) is 0 Å². The lowest BCUT2D eigenvalue weighted by molar-refractivity contribution is 0.229. The van der Waals surface area contributed by atoms with Crippen LogP contribution >= 0.6 is 0 Å². The summed E-state index contributed by atoms with van der Waals surface area (Å²) in [6, 6.07) is 30.0. The first kappa shape index (κ1) is 14.3. The third-order valence-corrected chi connectivity index (χ3v) is 3.64. The lowest BCUT2D eigenvalue weighted by Gasteiger charge is -2.12. The van der Waals surface area contributed by atoms with E-state index in [9.17, 15) is 5.11 Å². The van der Waals surface area contributed by atoms with E-state index in [1.807, 2.05) is 72.8 Å². The van der Waals surface area contributed by atoms with Gasteiger partial charge in [0.15, 0.2) is 0 Å². The van der Waals surface area contributed by atoms with Gasteiger partial charge in [0.05, 0.1) is 6.10 Å². The number of rotatable bonds is 4. The molecule has 3 aromatic carbocycles. The van der Waals surface area contributed by atoms with Crippen LogP contribution in [0.15, 0.2) is 97.1 Å². The van der Waals surface area contributed by atoms with Crippen molar-refractivity contribution in [3.63, 3.8) is 0 Å². The first-order valence-corrected chi connectivity index (χ1v) is 7.40. The van der Waals surface area contributed by atoms with Gasteiger partial charge in [0.2, 0.25) is 0 Å². The summed E-state index contributed by atoms with van der Waals surface area (Å²) < 4.78 is 0. The average molecular weight is 286 g/mol. The second-order valence-corrected chi connectivity index (χ2v) is 5.17. The van der Waals surface area contributed by atoms with Crippen LogP contribution < -0.4 is 0 Å². The predicted octanol–water partition coefficient (Wildman–Crippen LogP) is 4.85. The Bertz CT molecular complexity index is 689. The summed E-state index contributed by atoms with van der Waals surface area (Å²) in [5.41, 5.74) is 4.14. The third kappa shape index (κ3) is 3.33. The molecule has 0 bridgehead atoms. The Kier molecular flexibility index (Phi) is 4.47. The largest absolute Gasteiger partial charge is 0.384 e. The second-order valence-electron chi connectivity index (χ2n) is 5.17. The van der Waals surface area contributed by atoms with Crippen LogP contribution in [0.3, 0.4) is 0 Å². The summed E-state index contributed by atoms with van der Waals surface area (Å²) in [7, 11) is 0. The SMILES string of the molecule is OC(C=C(c1ccccc1)c1ccccc1)c1ccccc1. The van der Waals surface area contributed by atoms with Crippen LogP contribution in [0.1, 0.15) is 22.8 Å². The van der Waals surface area contributed by atoms with Crippen molar-refractivity contribution in [3.8, 4) is 0 Å². The van der Waals surface area contributed by atoms with Gasteiger partial charge < -0.3 is 5.11 Å². The minimum absolute atomic E-state index is 0.628. The van der Waals surface area contributed by atoms with Gasteiger partial charge in [0, 0.05) is 0 Å². The van der Waals surface area contributed by atoms with E-state index in [1.54, 1.807) is 0 Å². The van der Waals surface area contributed by atoms with Crippen LogP contribution in [-0.2, 0) is 0 Å². The minimum Gasteiger partial charge on any atom is -0.384 e. The molecule has 1 heteroatoms. The molecule has 108 valence electrons. The Hall–Kier alpha value is -2.64. The van der Waals surface area contributed by atoms with Crippen LogP contribution in [0.5, 0.6) is 0 Å².